The fourth-order valence-corrected chi connectivity index (χ4v) is 3.51. The third kappa shape index (κ3) is 2.88. The molecule has 2 aliphatic rings. The maximum absolute atomic E-state index is 5.87. The Balaban J connectivity index is 1.31. The maximum atomic E-state index is 5.87. The van der Waals surface area contributed by atoms with Gasteiger partial charge in [-0.05, 0) is 31.4 Å². The number of ether oxygens (including phenoxy) is 1. The van der Waals surface area contributed by atoms with E-state index in [1.54, 1.807) is 7.05 Å². The Morgan fingerprint density at radius 2 is 2.35 bits per heavy atom. The number of nitrogens with one attached hydrogen (secondary N) is 2. The van der Waals surface area contributed by atoms with Gasteiger partial charge in [-0.2, -0.15) is 0 Å². The first-order valence-corrected chi connectivity index (χ1v) is 8.25. The molecule has 7 nitrogen and oxygen atoms in total. The van der Waals surface area contributed by atoms with Gasteiger partial charge in [0.25, 0.3) is 0 Å². The SMILES string of the molecule is CN=C(NCCc1nnc2ccccn12)NC1CC2CCC1O2. The van der Waals surface area contributed by atoms with Crippen LogP contribution in [0.3, 0.4) is 0 Å². The average Bonchev–Trinajstić information content (AvgIpc) is 3.29. The smallest absolute Gasteiger partial charge is 0.191 e. The predicted molar refractivity (Wildman–Crippen MR) is 87.5 cm³/mol. The van der Waals surface area contributed by atoms with Crippen molar-refractivity contribution in [3.63, 3.8) is 0 Å². The summed E-state index contributed by atoms with van der Waals surface area (Å²) in [4.78, 5) is 4.31. The van der Waals surface area contributed by atoms with Crippen LogP contribution in [0.1, 0.15) is 25.1 Å². The normalized spacial score (nSPS) is 26.8. The molecule has 4 heterocycles. The Morgan fingerprint density at radius 3 is 3.13 bits per heavy atom. The van der Waals surface area contributed by atoms with Crippen LogP contribution in [-0.2, 0) is 11.2 Å². The second kappa shape index (κ2) is 6.16. The molecule has 0 spiro atoms. The van der Waals surface area contributed by atoms with Crippen LogP contribution in [0.2, 0.25) is 0 Å². The van der Waals surface area contributed by atoms with E-state index in [0.717, 1.165) is 43.2 Å². The number of hydrogen-bond acceptors (Lipinski definition) is 4. The van der Waals surface area contributed by atoms with Crippen LogP contribution in [0.15, 0.2) is 29.4 Å². The largest absolute Gasteiger partial charge is 0.373 e. The highest BCUT2D eigenvalue weighted by molar-refractivity contribution is 5.80. The summed E-state index contributed by atoms with van der Waals surface area (Å²) in [5, 5.41) is 15.3. The quantitative estimate of drug-likeness (QED) is 0.643. The molecule has 2 aromatic heterocycles. The molecule has 0 amide bonds. The highest BCUT2D eigenvalue weighted by Crippen LogP contribution is 2.34. The molecule has 7 heteroatoms. The van der Waals surface area contributed by atoms with E-state index in [2.05, 4.69) is 25.8 Å². The second-order valence-electron chi connectivity index (χ2n) is 6.15. The molecule has 2 bridgehead atoms. The Morgan fingerprint density at radius 1 is 1.39 bits per heavy atom. The summed E-state index contributed by atoms with van der Waals surface area (Å²) in [5.74, 6) is 1.78. The van der Waals surface area contributed by atoms with Crippen molar-refractivity contribution in [1.29, 1.82) is 0 Å². The number of pyridine rings is 1. The summed E-state index contributed by atoms with van der Waals surface area (Å²) in [7, 11) is 1.80. The Hall–Kier alpha value is -2.15. The summed E-state index contributed by atoms with van der Waals surface area (Å²) in [6, 6.07) is 6.30. The third-order valence-electron chi connectivity index (χ3n) is 4.68. The number of aliphatic imine (C=N–C) groups is 1. The van der Waals surface area contributed by atoms with Gasteiger partial charge in [0, 0.05) is 26.2 Å². The molecule has 2 aliphatic heterocycles. The topological polar surface area (TPSA) is 75.8 Å². The van der Waals surface area contributed by atoms with Crippen molar-refractivity contribution in [2.24, 2.45) is 4.99 Å². The maximum Gasteiger partial charge on any atom is 0.191 e. The van der Waals surface area contributed by atoms with Gasteiger partial charge in [-0.25, -0.2) is 0 Å². The van der Waals surface area contributed by atoms with Gasteiger partial charge in [0.05, 0.1) is 18.2 Å². The Labute approximate surface area is 135 Å². The zero-order chi connectivity index (χ0) is 15.6. The van der Waals surface area contributed by atoms with Crippen molar-refractivity contribution in [3.05, 3.63) is 30.2 Å². The summed E-state index contributed by atoms with van der Waals surface area (Å²) in [5.41, 5.74) is 0.879. The van der Waals surface area contributed by atoms with Gasteiger partial charge >= 0.3 is 0 Å². The molecule has 3 atom stereocenters. The summed E-state index contributed by atoms with van der Waals surface area (Å²) >= 11 is 0. The fraction of sp³-hybridized carbons (Fsp3) is 0.562. The zero-order valence-electron chi connectivity index (χ0n) is 13.3. The number of hydrogen-bond donors (Lipinski definition) is 2. The molecule has 2 saturated heterocycles. The van der Waals surface area contributed by atoms with E-state index in [0.29, 0.717) is 18.2 Å². The van der Waals surface area contributed by atoms with Crippen molar-refractivity contribution in [3.8, 4) is 0 Å². The van der Waals surface area contributed by atoms with Crippen LogP contribution in [0.5, 0.6) is 0 Å². The minimum atomic E-state index is 0.346. The van der Waals surface area contributed by atoms with Crippen molar-refractivity contribution in [1.82, 2.24) is 25.2 Å². The lowest BCUT2D eigenvalue weighted by molar-refractivity contribution is 0.0992. The molecular formula is C16H22N6O. The number of aromatic nitrogens is 3. The molecule has 2 aromatic rings. The first kappa shape index (κ1) is 14.4. The van der Waals surface area contributed by atoms with Crippen LogP contribution in [0, 0.1) is 0 Å². The molecule has 0 saturated carbocycles. The standard InChI is InChI=1S/C16H22N6O/c1-17-16(19-12-10-11-5-6-13(12)23-11)18-8-7-15-21-20-14-4-2-3-9-22(14)15/h2-4,9,11-13H,5-8,10H2,1H3,(H2,17,18,19). The Kier molecular flexibility index (Phi) is 3.87. The first-order valence-electron chi connectivity index (χ1n) is 8.25. The van der Waals surface area contributed by atoms with Gasteiger partial charge < -0.3 is 15.4 Å². The van der Waals surface area contributed by atoms with Crippen LogP contribution in [-0.4, -0.2) is 52.4 Å². The van der Waals surface area contributed by atoms with Crippen molar-refractivity contribution in [2.75, 3.05) is 13.6 Å². The minimum absolute atomic E-state index is 0.346. The van der Waals surface area contributed by atoms with Crippen LogP contribution in [0.25, 0.3) is 5.65 Å². The van der Waals surface area contributed by atoms with E-state index in [1.165, 1.54) is 6.42 Å². The van der Waals surface area contributed by atoms with E-state index in [4.69, 9.17) is 4.74 Å². The van der Waals surface area contributed by atoms with Crippen LogP contribution >= 0.6 is 0 Å². The highest BCUT2D eigenvalue weighted by Gasteiger charge is 2.41. The number of fused-ring (bicyclic) bond motifs is 3. The molecular weight excluding hydrogens is 292 g/mol. The first-order chi connectivity index (χ1) is 11.3. The number of rotatable bonds is 4. The molecule has 3 unspecified atom stereocenters. The lowest BCUT2D eigenvalue weighted by atomic mass is 9.96. The average molecular weight is 314 g/mol. The number of nitrogens with zero attached hydrogens (tertiary/aromatic N) is 4. The lowest BCUT2D eigenvalue weighted by Gasteiger charge is -2.22. The van der Waals surface area contributed by atoms with Crippen molar-refractivity contribution < 1.29 is 4.74 Å². The highest BCUT2D eigenvalue weighted by atomic mass is 16.5. The molecule has 0 aliphatic carbocycles. The minimum Gasteiger partial charge on any atom is -0.373 e. The summed E-state index contributed by atoms with van der Waals surface area (Å²) in [6.07, 6.45) is 7.01. The summed E-state index contributed by atoms with van der Waals surface area (Å²) in [6.45, 7) is 0.761. The van der Waals surface area contributed by atoms with E-state index in [-0.39, 0.29) is 0 Å². The van der Waals surface area contributed by atoms with E-state index in [9.17, 15) is 0 Å². The molecule has 2 N–H and O–H groups in total. The molecule has 122 valence electrons. The van der Waals surface area contributed by atoms with Gasteiger partial charge in [0.1, 0.15) is 5.82 Å². The molecule has 23 heavy (non-hydrogen) atoms. The number of guanidine groups is 1. The van der Waals surface area contributed by atoms with E-state index < -0.39 is 0 Å². The molecule has 0 aromatic carbocycles. The monoisotopic (exact) mass is 314 g/mol. The van der Waals surface area contributed by atoms with Gasteiger partial charge in [-0.3, -0.25) is 9.39 Å². The van der Waals surface area contributed by atoms with Gasteiger partial charge in [-0.1, -0.05) is 6.07 Å². The zero-order valence-corrected chi connectivity index (χ0v) is 13.3. The van der Waals surface area contributed by atoms with Crippen LogP contribution < -0.4 is 10.6 Å². The molecule has 0 radical (unpaired) electrons. The van der Waals surface area contributed by atoms with Gasteiger partial charge in [0.15, 0.2) is 11.6 Å². The van der Waals surface area contributed by atoms with Gasteiger partial charge in [0.2, 0.25) is 0 Å². The second-order valence-corrected chi connectivity index (χ2v) is 6.15. The fourth-order valence-electron chi connectivity index (χ4n) is 3.51. The third-order valence-corrected chi connectivity index (χ3v) is 4.68. The van der Waals surface area contributed by atoms with Crippen LogP contribution in [0.4, 0.5) is 0 Å². The lowest BCUT2D eigenvalue weighted by Crippen LogP contribution is -2.47. The van der Waals surface area contributed by atoms with Gasteiger partial charge in [-0.15, -0.1) is 10.2 Å². The Bertz CT molecular complexity index is 711. The predicted octanol–water partition coefficient (Wildman–Crippen LogP) is 0.757. The van der Waals surface area contributed by atoms with Crippen molar-refractivity contribution >= 4 is 11.6 Å². The molecule has 4 rings (SSSR count). The molecule has 2 fully saturated rings. The van der Waals surface area contributed by atoms with Crippen molar-refractivity contribution in [2.45, 2.75) is 43.9 Å². The summed E-state index contributed by atoms with van der Waals surface area (Å²) < 4.78 is 7.89. The van der Waals surface area contributed by atoms with E-state index in [1.807, 2.05) is 28.8 Å². The van der Waals surface area contributed by atoms with E-state index >= 15 is 0 Å².